The van der Waals surface area contributed by atoms with Gasteiger partial charge in [-0.2, -0.15) is 5.10 Å². The standard InChI is InChI=1S/C21H17FN6O/c1-2-27-19-7-6-14(21-26-23-13-29-21)10-18(19)25-20(27)12-17-8-9-24-28(17)16-5-3-4-15(22)11-16/h3-11,13H,2,12H2,1H3. The topological polar surface area (TPSA) is 74.6 Å². The van der Waals surface area contributed by atoms with E-state index in [1.165, 1.54) is 18.5 Å². The number of nitrogens with zero attached hydrogens (tertiary/aromatic N) is 6. The third-order valence-corrected chi connectivity index (χ3v) is 4.86. The first-order valence-electron chi connectivity index (χ1n) is 9.27. The van der Waals surface area contributed by atoms with Crippen LogP contribution in [0.2, 0.25) is 0 Å². The summed E-state index contributed by atoms with van der Waals surface area (Å²) < 4.78 is 22.9. The van der Waals surface area contributed by atoms with Crippen molar-refractivity contribution in [1.29, 1.82) is 0 Å². The fourth-order valence-electron chi connectivity index (χ4n) is 3.57. The molecule has 8 heteroatoms. The monoisotopic (exact) mass is 388 g/mol. The Balaban J connectivity index is 1.55. The molecule has 0 aliphatic carbocycles. The Morgan fingerprint density at radius 1 is 1.10 bits per heavy atom. The van der Waals surface area contributed by atoms with Crippen LogP contribution in [-0.4, -0.2) is 29.5 Å². The highest BCUT2D eigenvalue weighted by Gasteiger charge is 2.15. The van der Waals surface area contributed by atoms with Gasteiger partial charge >= 0.3 is 0 Å². The second kappa shape index (κ2) is 6.97. The van der Waals surface area contributed by atoms with Gasteiger partial charge in [-0.1, -0.05) is 6.07 Å². The van der Waals surface area contributed by atoms with E-state index in [2.05, 4.69) is 26.8 Å². The molecule has 5 aromatic rings. The number of aromatic nitrogens is 6. The zero-order chi connectivity index (χ0) is 19.8. The molecule has 0 atom stereocenters. The number of fused-ring (bicyclic) bond motifs is 1. The second-order valence-electron chi connectivity index (χ2n) is 6.61. The van der Waals surface area contributed by atoms with Gasteiger partial charge in [0.2, 0.25) is 12.3 Å². The maximum atomic E-state index is 13.7. The van der Waals surface area contributed by atoms with Crippen molar-refractivity contribution >= 4 is 11.0 Å². The van der Waals surface area contributed by atoms with Crippen LogP contribution >= 0.6 is 0 Å². The number of hydrogen-bond donors (Lipinski definition) is 0. The number of imidazole rings is 1. The van der Waals surface area contributed by atoms with Crippen LogP contribution in [0.1, 0.15) is 18.4 Å². The van der Waals surface area contributed by atoms with Gasteiger partial charge in [-0.05, 0) is 49.4 Å². The van der Waals surface area contributed by atoms with Crippen molar-refractivity contribution in [2.24, 2.45) is 0 Å². The van der Waals surface area contributed by atoms with E-state index in [1.54, 1.807) is 16.9 Å². The predicted octanol–water partition coefficient (Wildman–Crippen LogP) is 4.02. The van der Waals surface area contributed by atoms with Gasteiger partial charge in [-0.15, -0.1) is 10.2 Å². The van der Waals surface area contributed by atoms with Gasteiger partial charge in [0, 0.05) is 24.7 Å². The Morgan fingerprint density at radius 2 is 2.03 bits per heavy atom. The minimum Gasteiger partial charge on any atom is -0.423 e. The highest BCUT2D eigenvalue weighted by Crippen LogP contribution is 2.25. The molecule has 0 aliphatic rings. The zero-order valence-electron chi connectivity index (χ0n) is 15.7. The molecule has 0 bridgehead atoms. The molecule has 144 valence electrons. The maximum absolute atomic E-state index is 13.7. The molecule has 29 heavy (non-hydrogen) atoms. The molecular weight excluding hydrogens is 371 g/mol. The Morgan fingerprint density at radius 3 is 2.83 bits per heavy atom. The average molecular weight is 388 g/mol. The predicted molar refractivity (Wildman–Crippen MR) is 105 cm³/mol. The number of benzene rings is 2. The number of halogens is 1. The SMILES string of the molecule is CCn1c(Cc2ccnn2-c2cccc(F)c2)nc2cc(-c3nnco3)ccc21. The van der Waals surface area contributed by atoms with Crippen LogP contribution < -0.4 is 0 Å². The van der Waals surface area contributed by atoms with Crippen molar-refractivity contribution in [3.63, 3.8) is 0 Å². The zero-order valence-corrected chi connectivity index (χ0v) is 15.7. The number of hydrogen-bond acceptors (Lipinski definition) is 5. The fraction of sp³-hybridized carbons (Fsp3) is 0.143. The van der Waals surface area contributed by atoms with Crippen molar-refractivity contribution in [3.8, 4) is 17.1 Å². The third kappa shape index (κ3) is 3.08. The van der Waals surface area contributed by atoms with Crippen LogP contribution in [0.25, 0.3) is 28.2 Å². The van der Waals surface area contributed by atoms with Crippen molar-refractivity contribution in [2.45, 2.75) is 19.9 Å². The summed E-state index contributed by atoms with van der Waals surface area (Å²) in [5.41, 5.74) is 4.32. The molecule has 0 fully saturated rings. The van der Waals surface area contributed by atoms with Gasteiger partial charge in [0.05, 0.1) is 22.4 Å². The van der Waals surface area contributed by atoms with E-state index in [-0.39, 0.29) is 5.82 Å². The highest BCUT2D eigenvalue weighted by molar-refractivity contribution is 5.81. The van der Waals surface area contributed by atoms with Gasteiger partial charge in [-0.3, -0.25) is 0 Å². The van der Waals surface area contributed by atoms with Crippen molar-refractivity contribution in [3.05, 3.63) is 78.5 Å². The summed E-state index contributed by atoms with van der Waals surface area (Å²) in [4.78, 5) is 4.84. The van der Waals surface area contributed by atoms with E-state index in [9.17, 15) is 4.39 Å². The van der Waals surface area contributed by atoms with Gasteiger partial charge in [0.25, 0.3) is 0 Å². The van der Waals surface area contributed by atoms with Crippen LogP contribution in [0.3, 0.4) is 0 Å². The Labute approximate surface area is 165 Å². The fourth-order valence-corrected chi connectivity index (χ4v) is 3.57. The van der Waals surface area contributed by atoms with E-state index < -0.39 is 0 Å². The summed E-state index contributed by atoms with van der Waals surface area (Å²) in [6.45, 7) is 2.86. The number of rotatable bonds is 5. The van der Waals surface area contributed by atoms with Crippen molar-refractivity contribution in [1.82, 2.24) is 29.5 Å². The molecule has 3 heterocycles. The lowest BCUT2D eigenvalue weighted by molar-refractivity contribution is 0.568. The minimum absolute atomic E-state index is 0.293. The van der Waals surface area contributed by atoms with Crippen molar-refractivity contribution in [2.75, 3.05) is 0 Å². The maximum Gasteiger partial charge on any atom is 0.247 e. The van der Waals surface area contributed by atoms with Crippen molar-refractivity contribution < 1.29 is 8.81 Å². The first kappa shape index (κ1) is 17.3. The molecule has 3 aromatic heterocycles. The quantitative estimate of drug-likeness (QED) is 0.455. The smallest absolute Gasteiger partial charge is 0.247 e. The molecule has 0 spiro atoms. The molecule has 0 aliphatic heterocycles. The lowest BCUT2D eigenvalue weighted by Gasteiger charge is -2.09. The Kier molecular flexibility index (Phi) is 4.16. The molecule has 0 radical (unpaired) electrons. The third-order valence-electron chi connectivity index (χ3n) is 4.86. The molecule has 0 saturated heterocycles. The van der Waals surface area contributed by atoms with Crippen LogP contribution in [-0.2, 0) is 13.0 Å². The van der Waals surface area contributed by atoms with Gasteiger partial charge in [0.15, 0.2) is 0 Å². The molecule has 2 aromatic carbocycles. The first-order chi connectivity index (χ1) is 14.2. The summed E-state index contributed by atoms with van der Waals surface area (Å²) in [6.07, 6.45) is 3.59. The summed E-state index contributed by atoms with van der Waals surface area (Å²) in [7, 11) is 0. The van der Waals surface area contributed by atoms with Crippen LogP contribution in [0, 0.1) is 5.82 Å². The minimum atomic E-state index is -0.293. The molecule has 5 rings (SSSR count). The number of aryl methyl sites for hydroxylation is 1. The summed E-state index contributed by atoms with van der Waals surface area (Å²) in [5, 5.41) is 12.1. The normalized spacial score (nSPS) is 11.4. The molecule has 0 N–H and O–H groups in total. The van der Waals surface area contributed by atoms with E-state index in [4.69, 9.17) is 9.40 Å². The summed E-state index contributed by atoms with van der Waals surface area (Å²) in [5.74, 6) is 1.07. The van der Waals surface area contributed by atoms with Crippen LogP contribution in [0.4, 0.5) is 4.39 Å². The summed E-state index contributed by atoms with van der Waals surface area (Å²) >= 11 is 0. The van der Waals surface area contributed by atoms with E-state index in [0.717, 1.165) is 34.7 Å². The average Bonchev–Trinajstić information content (AvgIpc) is 3.47. The lowest BCUT2D eigenvalue weighted by atomic mass is 10.2. The van der Waals surface area contributed by atoms with E-state index >= 15 is 0 Å². The van der Waals surface area contributed by atoms with E-state index in [1.807, 2.05) is 30.3 Å². The molecule has 7 nitrogen and oxygen atoms in total. The lowest BCUT2D eigenvalue weighted by Crippen LogP contribution is -2.07. The molecule has 0 saturated carbocycles. The Bertz CT molecular complexity index is 1290. The highest BCUT2D eigenvalue weighted by atomic mass is 19.1. The van der Waals surface area contributed by atoms with E-state index in [0.29, 0.717) is 18.0 Å². The molecule has 0 unspecified atom stereocenters. The first-order valence-corrected chi connectivity index (χ1v) is 9.27. The van der Waals surface area contributed by atoms with Gasteiger partial charge in [0.1, 0.15) is 11.6 Å². The van der Waals surface area contributed by atoms with Crippen LogP contribution in [0.5, 0.6) is 0 Å². The summed E-state index contributed by atoms with van der Waals surface area (Å²) in [6, 6.07) is 14.2. The largest absolute Gasteiger partial charge is 0.423 e. The molecule has 0 amide bonds. The van der Waals surface area contributed by atoms with Crippen LogP contribution in [0.15, 0.2) is 65.5 Å². The Hall–Kier alpha value is -3.81. The second-order valence-corrected chi connectivity index (χ2v) is 6.61. The molecular formula is C21H17FN6O. The van der Waals surface area contributed by atoms with Gasteiger partial charge < -0.3 is 8.98 Å². The van der Waals surface area contributed by atoms with Gasteiger partial charge in [-0.25, -0.2) is 14.1 Å².